The van der Waals surface area contributed by atoms with Crippen molar-refractivity contribution >= 4 is 22.4 Å². The van der Waals surface area contributed by atoms with Crippen LogP contribution in [0, 0.1) is 11.7 Å². The molecule has 24 heavy (non-hydrogen) atoms. The van der Waals surface area contributed by atoms with E-state index in [1.165, 1.54) is 37.0 Å². The molecular formula is C20H23FN2O. The zero-order chi connectivity index (χ0) is 16.5. The molecule has 4 rings (SSSR count). The predicted octanol–water partition coefficient (Wildman–Crippen LogP) is 4.50. The first kappa shape index (κ1) is 15.4. The van der Waals surface area contributed by atoms with Gasteiger partial charge < -0.3 is 9.88 Å². The summed E-state index contributed by atoms with van der Waals surface area (Å²) in [6.07, 6.45) is 10.7. The highest BCUT2D eigenvalue weighted by Crippen LogP contribution is 2.31. The van der Waals surface area contributed by atoms with E-state index >= 15 is 0 Å². The van der Waals surface area contributed by atoms with E-state index in [0.29, 0.717) is 12.5 Å². The number of halogens is 1. The summed E-state index contributed by atoms with van der Waals surface area (Å²) in [4.78, 5) is 17.8. The Bertz CT molecular complexity index is 786. The van der Waals surface area contributed by atoms with Crippen LogP contribution in [0.25, 0.3) is 16.5 Å². The lowest BCUT2D eigenvalue weighted by molar-refractivity contribution is -0.136. The van der Waals surface area contributed by atoms with Crippen LogP contribution in [0.2, 0.25) is 0 Å². The van der Waals surface area contributed by atoms with Gasteiger partial charge in [0.15, 0.2) is 0 Å². The monoisotopic (exact) mass is 326 g/mol. The van der Waals surface area contributed by atoms with Crippen molar-refractivity contribution in [3.8, 4) is 0 Å². The Morgan fingerprint density at radius 1 is 1.21 bits per heavy atom. The average Bonchev–Trinajstić information content (AvgIpc) is 3.05. The molecule has 2 aliphatic rings. The van der Waals surface area contributed by atoms with Crippen LogP contribution in [0.15, 0.2) is 30.5 Å². The summed E-state index contributed by atoms with van der Waals surface area (Å²) in [5, 5.41) is 1.05. The smallest absolute Gasteiger partial charge is 0.225 e. The van der Waals surface area contributed by atoms with E-state index in [2.05, 4.69) is 11.1 Å². The molecule has 1 N–H and O–H groups in total. The minimum absolute atomic E-state index is 0.224. The first-order valence-corrected chi connectivity index (χ1v) is 8.97. The van der Waals surface area contributed by atoms with Crippen LogP contribution in [0.5, 0.6) is 0 Å². The maximum Gasteiger partial charge on any atom is 0.225 e. The highest BCUT2D eigenvalue weighted by Gasteiger charge is 2.27. The number of aromatic nitrogens is 1. The van der Waals surface area contributed by atoms with Crippen molar-refractivity contribution in [2.45, 2.75) is 38.5 Å². The first-order chi connectivity index (χ1) is 11.7. The van der Waals surface area contributed by atoms with Crippen molar-refractivity contribution in [3.63, 3.8) is 0 Å². The van der Waals surface area contributed by atoms with Crippen molar-refractivity contribution in [2.24, 2.45) is 5.92 Å². The van der Waals surface area contributed by atoms with Crippen LogP contribution >= 0.6 is 0 Å². The number of hydrogen-bond donors (Lipinski definition) is 1. The summed E-state index contributed by atoms with van der Waals surface area (Å²) in [5.74, 6) is 0.355. The molecule has 1 aliphatic carbocycles. The van der Waals surface area contributed by atoms with E-state index in [1.54, 1.807) is 0 Å². The van der Waals surface area contributed by atoms with E-state index in [4.69, 9.17) is 0 Å². The van der Waals surface area contributed by atoms with Gasteiger partial charge >= 0.3 is 0 Å². The van der Waals surface area contributed by atoms with E-state index in [1.807, 2.05) is 17.2 Å². The fourth-order valence-electron chi connectivity index (χ4n) is 4.09. The summed E-state index contributed by atoms with van der Waals surface area (Å²) < 4.78 is 13.3. The molecule has 0 atom stereocenters. The molecule has 2 aromatic rings. The Hall–Kier alpha value is -2.10. The molecule has 126 valence electrons. The molecule has 1 saturated carbocycles. The molecule has 1 fully saturated rings. The number of nitrogens with zero attached hydrogens (tertiary/aromatic N) is 1. The molecule has 1 aliphatic heterocycles. The zero-order valence-electron chi connectivity index (χ0n) is 13.9. The van der Waals surface area contributed by atoms with Gasteiger partial charge in [-0.1, -0.05) is 25.3 Å². The third-order valence-corrected chi connectivity index (χ3v) is 5.46. The van der Waals surface area contributed by atoms with Crippen molar-refractivity contribution in [1.29, 1.82) is 0 Å². The van der Waals surface area contributed by atoms with Crippen LogP contribution in [-0.4, -0.2) is 28.9 Å². The molecule has 1 aromatic heterocycles. The molecule has 2 heterocycles. The molecule has 4 heteroatoms. The number of aromatic amines is 1. The number of nitrogens with one attached hydrogen (secondary N) is 1. The molecule has 0 unspecified atom stereocenters. The second kappa shape index (κ2) is 6.42. The maximum atomic E-state index is 13.3. The number of amides is 1. The van der Waals surface area contributed by atoms with Crippen molar-refractivity contribution in [2.75, 3.05) is 13.1 Å². The SMILES string of the molecule is O=C(C1CCCCC1)N1CC=C(c2c[nH]c3cc(F)ccc23)CC1. The minimum Gasteiger partial charge on any atom is -0.360 e. The number of fused-ring (bicyclic) bond motifs is 1. The number of hydrogen-bond acceptors (Lipinski definition) is 1. The van der Waals surface area contributed by atoms with Crippen LogP contribution in [0.4, 0.5) is 4.39 Å². The average molecular weight is 326 g/mol. The fourth-order valence-corrected chi connectivity index (χ4v) is 4.09. The van der Waals surface area contributed by atoms with Gasteiger partial charge in [-0.3, -0.25) is 4.79 Å². The number of carbonyl (C=O) groups excluding carboxylic acids is 1. The van der Waals surface area contributed by atoms with Crippen molar-refractivity contribution < 1.29 is 9.18 Å². The van der Waals surface area contributed by atoms with Gasteiger partial charge in [-0.25, -0.2) is 4.39 Å². The van der Waals surface area contributed by atoms with E-state index in [9.17, 15) is 9.18 Å². The van der Waals surface area contributed by atoms with Gasteiger partial charge in [0.05, 0.1) is 0 Å². The number of carbonyl (C=O) groups is 1. The zero-order valence-corrected chi connectivity index (χ0v) is 13.9. The summed E-state index contributed by atoms with van der Waals surface area (Å²) in [5.41, 5.74) is 3.21. The molecule has 1 amide bonds. The quantitative estimate of drug-likeness (QED) is 0.866. The molecule has 0 bridgehead atoms. The Labute approximate surface area is 141 Å². The highest BCUT2D eigenvalue weighted by molar-refractivity contribution is 5.93. The lowest BCUT2D eigenvalue weighted by Gasteiger charge is -2.31. The van der Waals surface area contributed by atoms with Gasteiger partial charge in [-0.15, -0.1) is 0 Å². The van der Waals surface area contributed by atoms with E-state index in [-0.39, 0.29) is 11.7 Å². The Kier molecular flexibility index (Phi) is 4.13. The minimum atomic E-state index is -0.224. The first-order valence-electron chi connectivity index (χ1n) is 8.97. The van der Waals surface area contributed by atoms with Crippen LogP contribution < -0.4 is 0 Å². The lowest BCUT2D eigenvalue weighted by Crippen LogP contribution is -2.39. The predicted molar refractivity (Wildman–Crippen MR) is 94.0 cm³/mol. The van der Waals surface area contributed by atoms with Crippen LogP contribution in [0.1, 0.15) is 44.1 Å². The van der Waals surface area contributed by atoms with Gasteiger partial charge in [0.25, 0.3) is 0 Å². The van der Waals surface area contributed by atoms with E-state index < -0.39 is 0 Å². The topological polar surface area (TPSA) is 36.1 Å². The molecule has 0 saturated heterocycles. The van der Waals surface area contributed by atoms with E-state index in [0.717, 1.165) is 42.3 Å². The molecular weight excluding hydrogens is 303 g/mol. The fraction of sp³-hybridized carbons (Fsp3) is 0.450. The van der Waals surface area contributed by atoms with Gasteiger partial charge in [-0.05, 0) is 43.0 Å². The van der Waals surface area contributed by atoms with Crippen molar-refractivity contribution in [1.82, 2.24) is 9.88 Å². The Morgan fingerprint density at radius 2 is 2.04 bits per heavy atom. The highest BCUT2D eigenvalue weighted by atomic mass is 19.1. The molecule has 0 radical (unpaired) electrons. The summed E-state index contributed by atoms with van der Waals surface area (Å²) in [6, 6.07) is 4.86. The molecule has 3 nitrogen and oxygen atoms in total. The third-order valence-electron chi connectivity index (χ3n) is 5.46. The second-order valence-electron chi connectivity index (χ2n) is 6.99. The van der Waals surface area contributed by atoms with Gasteiger partial charge in [-0.2, -0.15) is 0 Å². The number of rotatable bonds is 2. The van der Waals surface area contributed by atoms with Gasteiger partial charge in [0, 0.05) is 41.7 Å². The summed E-state index contributed by atoms with van der Waals surface area (Å²) in [7, 11) is 0. The lowest BCUT2D eigenvalue weighted by atomic mass is 9.87. The molecule has 1 aromatic carbocycles. The summed E-state index contributed by atoms with van der Waals surface area (Å²) in [6.45, 7) is 1.48. The Balaban J connectivity index is 1.50. The normalized spacial score (nSPS) is 19.5. The molecule has 0 spiro atoms. The van der Waals surface area contributed by atoms with Crippen molar-refractivity contribution in [3.05, 3.63) is 41.9 Å². The Morgan fingerprint density at radius 3 is 2.79 bits per heavy atom. The summed E-state index contributed by atoms with van der Waals surface area (Å²) >= 11 is 0. The maximum absolute atomic E-state index is 13.3. The third kappa shape index (κ3) is 2.85. The van der Waals surface area contributed by atoms with Crippen LogP contribution in [0.3, 0.4) is 0 Å². The van der Waals surface area contributed by atoms with Gasteiger partial charge in [0.1, 0.15) is 5.82 Å². The second-order valence-corrected chi connectivity index (χ2v) is 6.99. The number of H-pyrrole nitrogens is 1. The van der Waals surface area contributed by atoms with Gasteiger partial charge in [0.2, 0.25) is 5.91 Å². The standard InChI is InChI=1S/C20H23FN2O/c21-16-6-7-17-18(13-22-19(17)12-16)14-8-10-23(11-9-14)20(24)15-4-2-1-3-5-15/h6-8,12-13,15,22H,1-5,9-11H2. The van der Waals surface area contributed by atoms with Crippen LogP contribution in [-0.2, 0) is 4.79 Å². The number of benzene rings is 1. The largest absolute Gasteiger partial charge is 0.360 e.